The molecule has 304 valence electrons. The van der Waals surface area contributed by atoms with Gasteiger partial charge in [0, 0.05) is 26.2 Å². The van der Waals surface area contributed by atoms with Crippen LogP contribution in [0.3, 0.4) is 0 Å². The average Bonchev–Trinajstić information content (AvgIpc) is 3.17. The van der Waals surface area contributed by atoms with Crippen LogP contribution in [0.25, 0.3) is 0 Å². The van der Waals surface area contributed by atoms with Gasteiger partial charge in [0.2, 0.25) is 20.0 Å². The molecule has 0 bridgehead atoms. The van der Waals surface area contributed by atoms with E-state index in [1.165, 1.54) is 0 Å². The van der Waals surface area contributed by atoms with Gasteiger partial charge in [-0.2, -0.15) is 8.61 Å². The molecule has 0 N–H and O–H groups in total. The molecule has 0 radical (unpaired) electrons. The van der Waals surface area contributed by atoms with E-state index in [-0.39, 0.29) is 11.8 Å². The molecule has 0 fully saturated rings. The molecule has 0 aliphatic rings. The fraction of sp³-hybridized carbons (Fsp3) is 0.391. The first-order valence-electron chi connectivity index (χ1n) is 19.1. The number of benzene rings is 4. The second-order valence-electron chi connectivity index (χ2n) is 14.9. The number of aryl methyl sites for hydroxylation is 2. The zero-order valence-corrected chi connectivity index (χ0v) is 36.2. The molecular formula is C46H62N2O6S2. The van der Waals surface area contributed by atoms with Crippen LogP contribution in [0.1, 0.15) is 73.9 Å². The van der Waals surface area contributed by atoms with E-state index < -0.39 is 30.5 Å². The summed E-state index contributed by atoms with van der Waals surface area (Å²) in [4.78, 5) is 0. The molecule has 8 nitrogen and oxygen atoms in total. The molecule has 0 spiro atoms. The third-order valence-electron chi connectivity index (χ3n) is 9.77. The minimum Gasteiger partial charge on any atom is -0.497 e. The van der Waals surface area contributed by atoms with E-state index in [0.29, 0.717) is 39.0 Å². The Labute approximate surface area is 338 Å². The lowest BCUT2D eigenvalue weighted by Gasteiger charge is -2.29. The molecular weight excluding hydrogens is 741 g/mol. The van der Waals surface area contributed by atoms with Crippen molar-refractivity contribution in [3.05, 3.63) is 156 Å². The summed E-state index contributed by atoms with van der Waals surface area (Å²) in [5.41, 5.74) is 6.11. The standard InChI is InChI=1S/2C23H31NO3S/c2*1-6-7-23(18(2)3)28(25,26)24(16-20-10-8-19(4)9-11-20)17-21-12-14-22(27-5)15-13-21/h2*6,8-15,18,23H,1,7,16-17H2,2-5H3/t2*23-/m10/s1. The van der Waals surface area contributed by atoms with Crippen LogP contribution in [0.2, 0.25) is 0 Å². The van der Waals surface area contributed by atoms with Gasteiger partial charge in [-0.25, -0.2) is 16.8 Å². The summed E-state index contributed by atoms with van der Waals surface area (Å²) in [5, 5.41) is -0.984. The molecule has 4 aromatic carbocycles. The predicted molar refractivity (Wildman–Crippen MR) is 232 cm³/mol. The molecule has 0 saturated carbocycles. The van der Waals surface area contributed by atoms with Crippen molar-refractivity contribution in [1.82, 2.24) is 8.61 Å². The Kier molecular flexibility index (Phi) is 18.1. The van der Waals surface area contributed by atoms with Crippen LogP contribution in [0, 0.1) is 25.7 Å². The van der Waals surface area contributed by atoms with E-state index in [1.807, 2.05) is 139 Å². The van der Waals surface area contributed by atoms with Gasteiger partial charge in [-0.05, 0) is 85.0 Å². The molecule has 0 aliphatic heterocycles. The molecule has 4 aromatic rings. The molecule has 0 unspecified atom stereocenters. The summed E-state index contributed by atoms with van der Waals surface area (Å²) >= 11 is 0. The van der Waals surface area contributed by atoms with Crippen LogP contribution < -0.4 is 9.47 Å². The Morgan fingerprint density at radius 3 is 0.964 bits per heavy atom. The summed E-state index contributed by atoms with van der Waals surface area (Å²) < 4.78 is 67.7. The van der Waals surface area contributed by atoms with Gasteiger partial charge in [0.05, 0.1) is 24.7 Å². The van der Waals surface area contributed by atoms with Crippen molar-refractivity contribution in [2.45, 2.75) is 91.1 Å². The fourth-order valence-electron chi connectivity index (χ4n) is 6.32. The van der Waals surface area contributed by atoms with Crippen LogP contribution in [-0.2, 0) is 46.2 Å². The summed E-state index contributed by atoms with van der Waals surface area (Å²) in [6, 6.07) is 31.1. The van der Waals surface area contributed by atoms with Crippen molar-refractivity contribution in [2.75, 3.05) is 14.2 Å². The Balaban J connectivity index is 0.000000300. The second kappa shape index (κ2) is 21.9. The minimum atomic E-state index is -3.52. The SMILES string of the molecule is C=CC[C@@H](C(C)C)S(=O)(=O)N(Cc1ccc(C)cc1)Cc1ccc(OC)cc1.C=CC[C@H](C(C)C)S(=O)(=O)N(Cc1ccc(C)cc1)Cc1ccc(OC)cc1. The first-order valence-corrected chi connectivity index (χ1v) is 22.1. The largest absolute Gasteiger partial charge is 0.497 e. The molecule has 0 saturated heterocycles. The first kappa shape index (κ1) is 46.2. The Hall–Kier alpha value is -4.22. The lowest BCUT2D eigenvalue weighted by molar-refractivity contribution is 0.381. The predicted octanol–water partition coefficient (Wildman–Crippen LogP) is 9.87. The smallest absolute Gasteiger partial charge is 0.218 e. The Bertz CT molecular complexity index is 1860. The van der Waals surface area contributed by atoms with Crippen molar-refractivity contribution in [1.29, 1.82) is 0 Å². The van der Waals surface area contributed by atoms with Crippen molar-refractivity contribution >= 4 is 20.0 Å². The molecule has 0 aliphatic carbocycles. The van der Waals surface area contributed by atoms with Gasteiger partial charge in [0.1, 0.15) is 11.5 Å². The second-order valence-corrected chi connectivity index (χ2v) is 19.2. The zero-order chi connectivity index (χ0) is 41.5. The average molecular weight is 803 g/mol. The van der Waals surface area contributed by atoms with Crippen molar-refractivity contribution in [2.24, 2.45) is 11.8 Å². The van der Waals surface area contributed by atoms with Crippen molar-refractivity contribution in [3.63, 3.8) is 0 Å². The molecule has 0 amide bonds. The zero-order valence-electron chi connectivity index (χ0n) is 34.5. The van der Waals surface area contributed by atoms with Gasteiger partial charge in [-0.1, -0.05) is 124 Å². The van der Waals surface area contributed by atoms with Crippen LogP contribution in [-0.4, -0.2) is 50.2 Å². The summed E-state index contributed by atoms with van der Waals surface area (Å²) in [7, 11) is -3.80. The first-order chi connectivity index (χ1) is 26.5. The molecule has 2 atom stereocenters. The van der Waals surface area contributed by atoms with E-state index in [2.05, 4.69) is 13.2 Å². The lowest BCUT2D eigenvalue weighted by atomic mass is 10.1. The number of hydrogen-bond acceptors (Lipinski definition) is 6. The highest BCUT2D eigenvalue weighted by Crippen LogP contribution is 2.27. The summed E-state index contributed by atoms with van der Waals surface area (Å²) in [6.07, 6.45) is 4.26. The van der Waals surface area contributed by atoms with Gasteiger partial charge in [-0.15, -0.1) is 13.2 Å². The number of methoxy groups -OCH3 is 2. The van der Waals surface area contributed by atoms with E-state index >= 15 is 0 Å². The Morgan fingerprint density at radius 1 is 0.500 bits per heavy atom. The maximum absolute atomic E-state index is 13.5. The highest BCUT2D eigenvalue weighted by molar-refractivity contribution is 7.90. The van der Waals surface area contributed by atoms with E-state index in [4.69, 9.17) is 9.47 Å². The van der Waals surface area contributed by atoms with E-state index in [0.717, 1.165) is 44.9 Å². The number of rotatable bonds is 20. The summed E-state index contributed by atoms with van der Waals surface area (Å²) in [5.74, 6) is 1.51. The highest BCUT2D eigenvalue weighted by Gasteiger charge is 2.35. The normalized spacial score (nSPS) is 12.9. The molecule has 4 rings (SSSR count). The quantitative estimate of drug-likeness (QED) is 0.0827. The van der Waals surface area contributed by atoms with E-state index in [9.17, 15) is 16.8 Å². The highest BCUT2D eigenvalue weighted by atomic mass is 32.2. The van der Waals surface area contributed by atoms with Crippen molar-refractivity contribution < 1.29 is 26.3 Å². The number of allylic oxidation sites excluding steroid dienone is 2. The van der Waals surface area contributed by atoms with Gasteiger partial charge < -0.3 is 9.47 Å². The third-order valence-corrected chi connectivity index (χ3v) is 14.7. The Morgan fingerprint density at radius 2 is 0.750 bits per heavy atom. The maximum Gasteiger partial charge on any atom is 0.218 e. The molecule has 56 heavy (non-hydrogen) atoms. The van der Waals surface area contributed by atoms with Gasteiger partial charge >= 0.3 is 0 Å². The topological polar surface area (TPSA) is 93.2 Å². The third kappa shape index (κ3) is 13.5. The fourth-order valence-corrected chi connectivity index (χ4v) is 10.5. The lowest BCUT2D eigenvalue weighted by Crippen LogP contribution is -2.40. The number of ether oxygens (including phenoxy) is 2. The van der Waals surface area contributed by atoms with Crippen molar-refractivity contribution in [3.8, 4) is 11.5 Å². The monoisotopic (exact) mass is 802 g/mol. The number of sulfonamides is 2. The van der Waals surface area contributed by atoms with Crippen LogP contribution in [0.4, 0.5) is 0 Å². The van der Waals surface area contributed by atoms with Crippen LogP contribution in [0.15, 0.2) is 122 Å². The van der Waals surface area contributed by atoms with Gasteiger partial charge in [-0.3, -0.25) is 0 Å². The number of hydrogen-bond donors (Lipinski definition) is 0. The number of nitrogens with zero attached hydrogens (tertiary/aromatic N) is 2. The van der Waals surface area contributed by atoms with Crippen LogP contribution in [0.5, 0.6) is 11.5 Å². The minimum absolute atomic E-state index is 0.000569. The molecule has 0 aromatic heterocycles. The van der Waals surface area contributed by atoms with Crippen LogP contribution >= 0.6 is 0 Å². The molecule has 10 heteroatoms. The molecule has 0 heterocycles. The summed E-state index contributed by atoms with van der Waals surface area (Å²) in [6.45, 7) is 20.7. The van der Waals surface area contributed by atoms with E-state index in [1.54, 1.807) is 35.0 Å². The van der Waals surface area contributed by atoms with Gasteiger partial charge in [0.15, 0.2) is 0 Å². The maximum atomic E-state index is 13.5. The van der Waals surface area contributed by atoms with Gasteiger partial charge in [0.25, 0.3) is 0 Å².